The Balaban J connectivity index is 2.01. The number of fused-ring (bicyclic) bond motifs is 1. The molecule has 0 aliphatic rings. The number of thiophene rings is 1. The molecule has 2 aromatic carbocycles. The van der Waals surface area contributed by atoms with Crippen LogP contribution >= 0.6 is 22.9 Å². The molecule has 130 valence electrons. The van der Waals surface area contributed by atoms with Gasteiger partial charge in [-0.15, -0.1) is 11.3 Å². The number of rotatable bonds is 2. The zero-order chi connectivity index (χ0) is 18.4. The molecule has 0 aliphatic heterocycles. The quantitative estimate of drug-likeness (QED) is 0.547. The molecular weight excluding hydrogens is 368 g/mol. The standard InChI is InChI=1S/C20H15ClN2O2S/c1-11-6-5-9-16(12(11)2)23-19(24)18-15(22-20(23)25)10-17(26-18)13-7-3-4-8-14(13)21/h3-10H,1-2H3,(H,22,25). The van der Waals surface area contributed by atoms with Gasteiger partial charge in [-0.05, 0) is 43.2 Å². The second-order valence-corrected chi connectivity index (χ2v) is 7.58. The molecule has 4 nitrogen and oxygen atoms in total. The third kappa shape index (κ3) is 2.60. The molecular formula is C20H15ClN2O2S. The Morgan fingerprint density at radius 2 is 1.81 bits per heavy atom. The summed E-state index contributed by atoms with van der Waals surface area (Å²) in [4.78, 5) is 29.4. The maximum Gasteiger partial charge on any atom is 0.333 e. The minimum atomic E-state index is -0.445. The van der Waals surface area contributed by atoms with Gasteiger partial charge in [0.2, 0.25) is 0 Å². The largest absolute Gasteiger partial charge is 0.333 e. The third-order valence-corrected chi connectivity index (χ3v) is 6.02. The fourth-order valence-corrected chi connectivity index (χ4v) is 4.37. The van der Waals surface area contributed by atoms with Crippen molar-refractivity contribution in [1.29, 1.82) is 0 Å². The highest BCUT2D eigenvalue weighted by molar-refractivity contribution is 7.22. The number of nitrogens with one attached hydrogen (secondary N) is 1. The molecule has 0 bridgehead atoms. The van der Waals surface area contributed by atoms with Crippen molar-refractivity contribution in [3.63, 3.8) is 0 Å². The molecule has 2 heterocycles. The van der Waals surface area contributed by atoms with Gasteiger partial charge < -0.3 is 4.98 Å². The zero-order valence-corrected chi connectivity index (χ0v) is 15.7. The normalized spacial score (nSPS) is 11.2. The summed E-state index contributed by atoms with van der Waals surface area (Å²) in [5, 5.41) is 0.608. The van der Waals surface area contributed by atoms with Crippen LogP contribution in [0.4, 0.5) is 0 Å². The van der Waals surface area contributed by atoms with Crippen LogP contribution in [0.25, 0.3) is 26.3 Å². The molecule has 1 N–H and O–H groups in total. The Bertz CT molecular complexity index is 1270. The molecule has 6 heteroatoms. The van der Waals surface area contributed by atoms with Crippen LogP contribution in [0.3, 0.4) is 0 Å². The molecule has 0 spiro atoms. The number of aromatic amines is 1. The van der Waals surface area contributed by atoms with Gasteiger partial charge in [-0.25, -0.2) is 9.36 Å². The van der Waals surface area contributed by atoms with Gasteiger partial charge in [-0.3, -0.25) is 4.79 Å². The average molecular weight is 383 g/mol. The van der Waals surface area contributed by atoms with Crippen molar-refractivity contribution in [2.45, 2.75) is 13.8 Å². The van der Waals surface area contributed by atoms with E-state index < -0.39 is 5.69 Å². The van der Waals surface area contributed by atoms with Gasteiger partial charge in [0, 0.05) is 15.5 Å². The van der Waals surface area contributed by atoms with Crippen molar-refractivity contribution < 1.29 is 0 Å². The van der Waals surface area contributed by atoms with Crippen LogP contribution in [-0.4, -0.2) is 9.55 Å². The van der Waals surface area contributed by atoms with Gasteiger partial charge >= 0.3 is 5.69 Å². The Morgan fingerprint density at radius 1 is 1.04 bits per heavy atom. The summed E-state index contributed by atoms with van der Waals surface area (Å²) in [5.74, 6) is 0. The van der Waals surface area contributed by atoms with Crippen molar-refractivity contribution in [3.05, 3.63) is 85.5 Å². The first-order chi connectivity index (χ1) is 12.5. The molecule has 0 saturated carbocycles. The Kier molecular flexibility index (Phi) is 4.05. The van der Waals surface area contributed by atoms with E-state index in [0.717, 1.165) is 21.6 Å². The second-order valence-electron chi connectivity index (χ2n) is 6.12. The van der Waals surface area contributed by atoms with E-state index >= 15 is 0 Å². The molecule has 0 atom stereocenters. The number of hydrogen-bond acceptors (Lipinski definition) is 3. The van der Waals surface area contributed by atoms with Crippen molar-refractivity contribution in [3.8, 4) is 16.1 Å². The topological polar surface area (TPSA) is 54.9 Å². The number of hydrogen-bond donors (Lipinski definition) is 1. The van der Waals surface area contributed by atoms with Gasteiger partial charge in [-0.1, -0.05) is 41.9 Å². The smallest absolute Gasteiger partial charge is 0.306 e. The number of aryl methyl sites for hydroxylation is 1. The van der Waals surface area contributed by atoms with Gasteiger partial charge in [0.1, 0.15) is 4.70 Å². The zero-order valence-electron chi connectivity index (χ0n) is 14.2. The fourth-order valence-electron chi connectivity index (χ4n) is 3.00. The van der Waals surface area contributed by atoms with E-state index in [9.17, 15) is 9.59 Å². The maximum atomic E-state index is 13.1. The predicted molar refractivity (Wildman–Crippen MR) is 108 cm³/mol. The predicted octanol–water partition coefficient (Wildman–Crippen LogP) is 4.68. The summed E-state index contributed by atoms with van der Waals surface area (Å²) in [7, 11) is 0. The summed E-state index contributed by atoms with van der Waals surface area (Å²) in [6, 6.07) is 14.8. The van der Waals surface area contributed by atoms with Crippen LogP contribution in [0, 0.1) is 13.8 Å². The lowest BCUT2D eigenvalue weighted by molar-refractivity contribution is 0.894. The molecule has 0 saturated heterocycles. The lowest BCUT2D eigenvalue weighted by atomic mass is 10.1. The summed E-state index contributed by atoms with van der Waals surface area (Å²) in [6.45, 7) is 3.86. The molecule has 4 aromatic rings. The van der Waals surface area contributed by atoms with E-state index in [4.69, 9.17) is 11.6 Å². The molecule has 0 unspecified atom stereocenters. The number of halogens is 1. The van der Waals surface area contributed by atoms with Crippen LogP contribution in [0.5, 0.6) is 0 Å². The summed E-state index contributed by atoms with van der Waals surface area (Å²) in [6.07, 6.45) is 0. The highest BCUT2D eigenvalue weighted by Gasteiger charge is 2.16. The van der Waals surface area contributed by atoms with Crippen LogP contribution in [-0.2, 0) is 0 Å². The monoisotopic (exact) mass is 382 g/mol. The third-order valence-electron chi connectivity index (χ3n) is 4.53. The number of benzene rings is 2. The minimum Gasteiger partial charge on any atom is -0.306 e. The number of H-pyrrole nitrogens is 1. The Morgan fingerprint density at radius 3 is 2.58 bits per heavy atom. The lowest BCUT2D eigenvalue weighted by Gasteiger charge is -2.10. The second kappa shape index (κ2) is 6.27. The Labute approximate surface area is 158 Å². The average Bonchev–Trinajstić information content (AvgIpc) is 3.03. The molecule has 26 heavy (non-hydrogen) atoms. The van der Waals surface area contributed by atoms with Gasteiger partial charge in [0.25, 0.3) is 5.56 Å². The first-order valence-electron chi connectivity index (χ1n) is 8.08. The van der Waals surface area contributed by atoms with Gasteiger partial charge in [0.15, 0.2) is 0 Å². The van der Waals surface area contributed by atoms with Crippen LogP contribution in [0.15, 0.2) is 58.1 Å². The van der Waals surface area contributed by atoms with E-state index in [0.29, 0.717) is 20.9 Å². The number of nitrogens with zero attached hydrogens (tertiary/aromatic N) is 1. The highest BCUT2D eigenvalue weighted by Crippen LogP contribution is 2.34. The molecule has 2 aromatic heterocycles. The van der Waals surface area contributed by atoms with E-state index in [1.165, 1.54) is 15.9 Å². The first-order valence-corrected chi connectivity index (χ1v) is 9.27. The molecule has 0 amide bonds. The molecule has 4 rings (SSSR count). The van der Waals surface area contributed by atoms with Gasteiger partial charge in [-0.2, -0.15) is 0 Å². The van der Waals surface area contributed by atoms with Crippen LogP contribution in [0.1, 0.15) is 11.1 Å². The van der Waals surface area contributed by atoms with Crippen LogP contribution in [0.2, 0.25) is 5.02 Å². The maximum absolute atomic E-state index is 13.1. The minimum absolute atomic E-state index is 0.319. The van der Waals surface area contributed by atoms with E-state index in [1.54, 1.807) is 18.2 Å². The fraction of sp³-hybridized carbons (Fsp3) is 0.100. The Hall–Kier alpha value is -2.63. The first kappa shape index (κ1) is 16.8. The molecule has 0 aliphatic carbocycles. The summed E-state index contributed by atoms with van der Waals surface area (Å²) in [5.41, 5.74) is 3.14. The van der Waals surface area contributed by atoms with Crippen molar-refractivity contribution in [2.24, 2.45) is 0 Å². The van der Waals surface area contributed by atoms with E-state index in [1.807, 2.05) is 44.2 Å². The summed E-state index contributed by atoms with van der Waals surface area (Å²) >= 11 is 7.60. The summed E-state index contributed by atoms with van der Waals surface area (Å²) < 4.78 is 1.71. The highest BCUT2D eigenvalue weighted by atomic mass is 35.5. The van der Waals surface area contributed by atoms with E-state index in [-0.39, 0.29) is 5.56 Å². The van der Waals surface area contributed by atoms with Gasteiger partial charge in [0.05, 0.1) is 11.2 Å². The SMILES string of the molecule is Cc1cccc(-n2c(=O)[nH]c3cc(-c4ccccc4Cl)sc3c2=O)c1C. The molecule has 0 radical (unpaired) electrons. The van der Waals surface area contributed by atoms with Crippen LogP contribution < -0.4 is 11.2 Å². The van der Waals surface area contributed by atoms with E-state index in [2.05, 4.69) is 4.98 Å². The van der Waals surface area contributed by atoms with Crippen molar-refractivity contribution >= 4 is 33.2 Å². The van der Waals surface area contributed by atoms with Crippen molar-refractivity contribution in [1.82, 2.24) is 9.55 Å². The van der Waals surface area contributed by atoms with Crippen molar-refractivity contribution in [2.75, 3.05) is 0 Å². The lowest BCUT2D eigenvalue weighted by Crippen LogP contribution is -2.33. The molecule has 0 fully saturated rings. The number of aromatic nitrogens is 2.